The summed E-state index contributed by atoms with van der Waals surface area (Å²) in [5.74, 6) is -0.600. The summed E-state index contributed by atoms with van der Waals surface area (Å²) in [4.78, 5) is 11.3. The zero-order chi connectivity index (χ0) is 12.7. The van der Waals surface area contributed by atoms with Crippen molar-refractivity contribution in [1.82, 2.24) is 0 Å². The van der Waals surface area contributed by atoms with Gasteiger partial charge in [0.15, 0.2) is 0 Å². The van der Waals surface area contributed by atoms with E-state index in [1.165, 1.54) is 6.07 Å². The van der Waals surface area contributed by atoms with Gasteiger partial charge in [0.25, 0.3) is 0 Å². The lowest BCUT2D eigenvalue weighted by atomic mass is 10.2. The molecule has 1 rings (SSSR count). The van der Waals surface area contributed by atoms with Gasteiger partial charge >= 0.3 is 5.97 Å². The third-order valence-electron chi connectivity index (χ3n) is 2.45. The average molecular weight is 239 g/mol. The first-order valence-corrected chi connectivity index (χ1v) is 5.79. The minimum absolute atomic E-state index is 0.0635. The van der Waals surface area contributed by atoms with Crippen LogP contribution in [-0.2, 0) is 9.53 Å². The number of halogens is 1. The number of carbonyl (C=O) groups excluding carboxylic acids is 1. The molecule has 0 atom stereocenters. The van der Waals surface area contributed by atoms with Crippen molar-refractivity contribution in [2.24, 2.45) is 0 Å². The molecule has 0 aliphatic carbocycles. The summed E-state index contributed by atoms with van der Waals surface area (Å²) in [5.41, 5.74) is 1.13. The molecule has 0 saturated heterocycles. The highest BCUT2D eigenvalue weighted by Gasteiger charge is 2.06. The van der Waals surface area contributed by atoms with Crippen molar-refractivity contribution in [3.05, 3.63) is 29.6 Å². The molecular weight excluding hydrogens is 221 g/mol. The summed E-state index contributed by atoms with van der Waals surface area (Å²) in [6.07, 6.45) is 1.86. The van der Waals surface area contributed by atoms with Crippen LogP contribution >= 0.6 is 0 Å². The van der Waals surface area contributed by atoms with Crippen LogP contribution in [0.15, 0.2) is 18.2 Å². The van der Waals surface area contributed by atoms with Crippen LogP contribution < -0.4 is 5.32 Å². The number of anilines is 1. The van der Waals surface area contributed by atoms with Crippen LogP contribution in [0.25, 0.3) is 0 Å². The summed E-state index contributed by atoms with van der Waals surface area (Å²) in [7, 11) is 0. The number of carbonyl (C=O) groups is 1. The molecule has 4 heteroatoms. The van der Waals surface area contributed by atoms with Crippen LogP contribution in [0.1, 0.15) is 25.3 Å². The first-order valence-electron chi connectivity index (χ1n) is 5.79. The lowest BCUT2D eigenvalue weighted by Crippen LogP contribution is -2.18. The van der Waals surface area contributed by atoms with Gasteiger partial charge in [0, 0.05) is 11.3 Å². The quantitative estimate of drug-likeness (QED) is 0.612. The molecule has 94 valence electrons. The fourth-order valence-corrected chi connectivity index (χ4v) is 1.35. The van der Waals surface area contributed by atoms with Gasteiger partial charge in [-0.3, -0.25) is 4.79 Å². The molecule has 17 heavy (non-hydrogen) atoms. The summed E-state index contributed by atoms with van der Waals surface area (Å²) in [6.45, 7) is 4.20. The molecule has 0 saturated carbocycles. The van der Waals surface area contributed by atoms with Crippen molar-refractivity contribution in [2.45, 2.75) is 26.7 Å². The van der Waals surface area contributed by atoms with E-state index in [0.29, 0.717) is 17.9 Å². The molecule has 0 aliphatic rings. The molecule has 1 aromatic carbocycles. The zero-order valence-electron chi connectivity index (χ0n) is 10.3. The van der Waals surface area contributed by atoms with Crippen molar-refractivity contribution in [1.29, 1.82) is 0 Å². The summed E-state index contributed by atoms with van der Waals surface area (Å²) in [6, 6.07) is 4.73. The number of hydrogen-bond acceptors (Lipinski definition) is 3. The van der Waals surface area contributed by atoms with Crippen molar-refractivity contribution in [2.75, 3.05) is 18.5 Å². The summed E-state index contributed by atoms with van der Waals surface area (Å²) in [5, 5.41) is 2.87. The summed E-state index contributed by atoms with van der Waals surface area (Å²) >= 11 is 0. The van der Waals surface area contributed by atoms with E-state index in [1.807, 2.05) is 6.92 Å². The molecule has 0 unspecified atom stereocenters. The predicted molar refractivity (Wildman–Crippen MR) is 65.5 cm³/mol. The molecule has 0 heterocycles. The van der Waals surface area contributed by atoms with E-state index in [2.05, 4.69) is 5.32 Å². The van der Waals surface area contributed by atoms with Gasteiger partial charge in [-0.25, -0.2) is 4.39 Å². The van der Waals surface area contributed by atoms with Gasteiger partial charge in [0.1, 0.15) is 12.4 Å². The fourth-order valence-electron chi connectivity index (χ4n) is 1.35. The molecule has 1 aromatic rings. The van der Waals surface area contributed by atoms with Gasteiger partial charge in [-0.1, -0.05) is 19.4 Å². The van der Waals surface area contributed by atoms with E-state index in [-0.39, 0.29) is 18.3 Å². The van der Waals surface area contributed by atoms with Crippen LogP contribution in [0.4, 0.5) is 10.1 Å². The third kappa shape index (κ3) is 4.43. The van der Waals surface area contributed by atoms with Crippen molar-refractivity contribution >= 4 is 11.7 Å². The molecule has 0 fully saturated rings. The van der Waals surface area contributed by atoms with Gasteiger partial charge < -0.3 is 10.1 Å². The van der Waals surface area contributed by atoms with Gasteiger partial charge in [-0.15, -0.1) is 0 Å². The van der Waals surface area contributed by atoms with E-state index in [9.17, 15) is 9.18 Å². The molecule has 0 radical (unpaired) electrons. The van der Waals surface area contributed by atoms with Crippen molar-refractivity contribution in [3.63, 3.8) is 0 Å². The van der Waals surface area contributed by atoms with Crippen molar-refractivity contribution in [3.8, 4) is 0 Å². The fraction of sp³-hybridized carbons (Fsp3) is 0.462. The number of rotatable bonds is 6. The Hall–Kier alpha value is -1.58. The number of hydrogen-bond donors (Lipinski definition) is 1. The van der Waals surface area contributed by atoms with E-state index in [4.69, 9.17) is 4.74 Å². The maximum atomic E-state index is 13.2. The lowest BCUT2D eigenvalue weighted by molar-refractivity contribution is -0.141. The smallest absolute Gasteiger partial charge is 0.325 e. The first-order chi connectivity index (χ1) is 8.15. The van der Waals surface area contributed by atoms with Crippen molar-refractivity contribution < 1.29 is 13.9 Å². The minimum atomic E-state index is -0.317. The third-order valence-corrected chi connectivity index (χ3v) is 2.45. The molecule has 0 aliphatic heterocycles. The van der Waals surface area contributed by atoms with Crippen LogP contribution in [-0.4, -0.2) is 19.1 Å². The highest BCUT2D eigenvalue weighted by atomic mass is 19.1. The van der Waals surface area contributed by atoms with E-state index in [1.54, 1.807) is 19.1 Å². The van der Waals surface area contributed by atoms with Gasteiger partial charge in [0.2, 0.25) is 0 Å². The maximum Gasteiger partial charge on any atom is 0.325 e. The first kappa shape index (κ1) is 13.5. The Morgan fingerprint density at radius 2 is 2.24 bits per heavy atom. The molecule has 0 aromatic heterocycles. The average Bonchev–Trinajstić information content (AvgIpc) is 2.31. The van der Waals surface area contributed by atoms with Crippen LogP contribution in [0, 0.1) is 12.7 Å². The second-order valence-corrected chi connectivity index (χ2v) is 3.84. The van der Waals surface area contributed by atoms with E-state index in [0.717, 1.165) is 12.8 Å². The van der Waals surface area contributed by atoms with E-state index >= 15 is 0 Å². The molecule has 1 N–H and O–H groups in total. The summed E-state index contributed by atoms with van der Waals surface area (Å²) < 4.78 is 18.2. The Labute approximate surface area is 101 Å². The zero-order valence-corrected chi connectivity index (χ0v) is 10.3. The van der Waals surface area contributed by atoms with Crippen LogP contribution in [0.5, 0.6) is 0 Å². The van der Waals surface area contributed by atoms with Gasteiger partial charge in [0.05, 0.1) is 6.61 Å². The molecular formula is C13H18FNO2. The minimum Gasteiger partial charge on any atom is -0.464 e. The molecule has 3 nitrogen and oxygen atoms in total. The topological polar surface area (TPSA) is 38.3 Å². The Kier molecular flexibility index (Phi) is 5.46. The van der Waals surface area contributed by atoms with Crippen LogP contribution in [0.3, 0.4) is 0 Å². The SMILES string of the molecule is CCCCOC(=O)CNc1cccc(F)c1C. The Balaban J connectivity index is 2.39. The standard InChI is InChI=1S/C13H18FNO2/c1-3-4-8-17-13(16)9-15-12-7-5-6-11(14)10(12)2/h5-7,15H,3-4,8-9H2,1-2H3. The predicted octanol–water partition coefficient (Wildman–Crippen LogP) is 2.89. The maximum absolute atomic E-state index is 13.2. The number of unbranched alkanes of at least 4 members (excludes halogenated alkanes) is 1. The number of benzene rings is 1. The van der Waals surface area contributed by atoms with Gasteiger partial charge in [-0.05, 0) is 25.5 Å². The van der Waals surface area contributed by atoms with Crippen LogP contribution in [0.2, 0.25) is 0 Å². The number of ether oxygens (including phenoxy) is 1. The Morgan fingerprint density at radius 3 is 2.94 bits per heavy atom. The lowest BCUT2D eigenvalue weighted by Gasteiger charge is -2.09. The Morgan fingerprint density at radius 1 is 1.47 bits per heavy atom. The second-order valence-electron chi connectivity index (χ2n) is 3.84. The molecule has 0 bridgehead atoms. The normalized spacial score (nSPS) is 10.1. The second kappa shape index (κ2) is 6.89. The highest BCUT2D eigenvalue weighted by molar-refractivity contribution is 5.75. The number of nitrogens with one attached hydrogen (secondary N) is 1. The van der Waals surface area contributed by atoms with Gasteiger partial charge in [-0.2, -0.15) is 0 Å². The largest absolute Gasteiger partial charge is 0.464 e. The monoisotopic (exact) mass is 239 g/mol. The number of esters is 1. The van der Waals surface area contributed by atoms with E-state index < -0.39 is 0 Å². The molecule has 0 amide bonds. The highest BCUT2D eigenvalue weighted by Crippen LogP contribution is 2.16. The Bertz CT molecular complexity index is 380. The molecule has 0 spiro atoms.